The third-order valence-corrected chi connectivity index (χ3v) is 16.5. The van der Waals surface area contributed by atoms with Gasteiger partial charge in [-0.1, -0.05) is 50.2 Å². The Labute approximate surface area is 461 Å². The van der Waals surface area contributed by atoms with Crippen molar-refractivity contribution in [2.24, 2.45) is 10.8 Å². The molecule has 2 aliphatic carbocycles. The summed E-state index contributed by atoms with van der Waals surface area (Å²) in [7, 11) is 0. The van der Waals surface area contributed by atoms with Crippen molar-refractivity contribution in [3.05, 3.63) is 108 Å². The number of esters is 1. The molecule has 7 N–H and O–H groups in total. The number of nitrogens with two attached hydrogens (primary N) is 2. The normalized spacial score (nSPS) is 19.3. The molecule has 0 amide bonds. The molecule has 80 heavy (non-hydrogen) atoms. The molecule has 2 saturated carbocycles. The van der Waals surface area contributed by atoms with Crippen LogP contribution >= 0.6 is 0 Å². The molecule has 0 atom stereocenters. The zero-order valence-corrected chi connectivity index (χ0v) is 46.1. The number of aromatic nitrogens is 10. The zero-order chi connectivity index (χ0) is 56.0. The number of nitrogens with zero attached hydrogens (tertiary/aromatic N) is 10. The summed E-state index contributed by atoms with van der Waals surface area (Å²) in [6.07, 6.45) is 10.1. The van der Waals surface area contributed by atoms with Crippen LogP contribution in [0.25, 0.3) is 66.8 Å². The van der Waals surface area contributed by atoms with E-state index in [1.807, 2.05) is 112 Å². The fraction of sp³-hybridized carbons (Fsp3) is 0.367. The Kier molecular flexibility index (Phi) is 14.2. The molecule has 0 unspecified atom stereocenters. The van der Waals surface area contributed by atoms with Crippen molar-refractivity contribution in [2.45, 2.75) is 125 Å². The molecule has 12 rings (SSSR count). The van der Waals surface area contributed by atoms with Crippen LogP contribution in [-0.4, -0.2) is 73.1 Å². The molecule has 0 saturated heterocycles. The Balaban J connectivity index is 0.000000169. The first-order valence-corrected chi connectivity index (χ1v) is 27.5. The van der Waals surface area contributed by atoms with Crippen LogP contribution < -0.4 is 22.1 Å². The summed E-state index contributed by atoms with van der Waals surface area (Å²) in [5.41, 5.74) is 25.4. The summed E-state index contributed by atoms with van der Waals surface area (Å²) in [6.45, 7) is 14.4. The van der Waals surface area contributed by atoms with Crippen molar-refractivity contribution in [3.63, 3.8) is 0 Å². The van der Waals surface area contributed by atoms with Crippen molar-refractivity contribution >= 4 is 91.2 Å². The molecule has 6 aromatic heterocycles. The molecule has 20 heteroatoms. The van der Waals surface area contributed by atoms with Gasteiger partial charge in [0.05, 0.1) is 40.3 Å². The van der Waals surface area contributed by atoms with Crippen LogP contribution in [0.4, 0.5) is 35.0 Å². The Bertz CT molecular complexity index is 3940. The Morgan fingerprint density at radius 3 is 1.43 bits per heavy atom. The summed E-state index contributed by atoms with van der Waals surface area (Å²) < 4.78 is 21.2. The minimum Gasteiger partial charge on any atom is -0.481 e. The molecule has 2 aliphatic rings. The third-order valence-electron chi connectivity index (χ3n) is 16.5. The van der Waals surface area contributed by atoms with Crippen molar-refractivity contribution in [3.8, 4) is 22.5 Å². The van der Waals surface area contributed by atoms with Crippen LogP contribution in [0.2, 0.25) is 0 Å². The van der Waals surface area contributed by atoms with Gasteiger partial charge >= 0.3 is 11.9 Å². The van der Waals surface area contributed by atoms with Gasteiger partial charge in [-0.2, -0.15) is 20.2 Å². The average Bonchev–Trinajstić information content (AvgIpc) is 4.35. The highest BCUT2D eigenvalue weighted by Crippen LogP contribution is 2.47. The van der Waals surface area contributed by atoms with Gasteiger partial charge in [-0.25, -0.2) is 29.3 Å². The van der Waals surface area contributed by atoms with Gasteiger partial charge in [0, 0.05) is 22.5 Å². The number of ether oxygens (including phenoxy) is 1. The fourth-order valence-electron chi connectivity index (χ4n) is 11.9. The number of carboxylic acids is 1. The lowest BCUT2D eigenvalue weighted by Gasteiger charge is -2.37. The third kappa shape index (κ3) is 9.87. The van der Waals surface area contributed by atoms with E-state index in [4.69, 9.17) is 35.2 Å². The lowest BCUT2D eigenvalue weighted by atomic mass is 9.71. The van der Waals surface area contributed by atoms with Gasteiger partial charge in [0.1, 0.15) is 46.7 Å². The Morgan fingerprint density at radius 2 is 1.04 bits per heavy atom. The first-order valence-electron chi connectivity index (χ1n) is 27.5. The van der Waals surface area contributed by atoms with E-state index in [0.717, 1.165) is 110 Å². The number of carbonyl (C=O) groups excluding carboxylic acids is 1. The van der Waals surface area contributed by atoms with Crippen LogP contribution in [0, 0.1) is 38.5 Å². The summed E-state index contributed by atoms with van der Waals surface area (Å²) in [6, 6.07) is 24.9. The van der Waals surface area contributed by atoms with Crippen molar-refractivity contribution in [1.29, 1.82) is 0 Å². The Morgan fingerprint density at radius 1 is 0.625 bits per heavy atom. The molecule has 0 spiro atoms. The molecular formula is C60H66N14O6. The van der Waals surface area contributed by atoms with Crippen LogP contribution in [-0.2, 0) is 14.3 Å². The van der Waals surface area contributed by atoms with E-state index < -0.39 is 16.8 Å². The van der Waals surface area contributed by atoms with Gasteiger partial charge in [0.25, 0.3) is 12.0 Å². The number of carbonyl (C=O) groups is 2. The number of aryl methyl sites for hydroxylation is 4. The van der Waals surface area contributed by atoms with Crippen molar-refractivity contribution in [1.82, 2.24) is 49.5 Å². The van der Waals surface area contributed by atoms with Crippen LogP contribution in [0.3, 0.4) is 0 Å². The number of aliphatic carboxylic acids is 1. The van der Waals surface area contributed by atoms with E-state index in [9.17, 15) is 14.7 Å². The van der Waals surface area contributed by atoms with E-state index in [2.05, 4.69) is 59.6 Å². The molecular weight excluding hydrogens is 1010 g/mol. The first-order chi connectivity index (χ1) is 38.6. The summed E-state index contributed by atoms with van der Waals surface area (Å²) in [5, 5.41) is 27.7. The highest BCUT2D eigenvalue weighted by Gasteiger charge is 2.43. The maximum absolute atomic E-state index is 12.8. The van der Waals surface area contributed by atoms with E-state index in [1.54, 1.807) is 0 Å². The van der Waals surface area contributed by atoms with E-state index in [0.29, 0.717) is 84.8 Å². The summed E-state index contributed by atoms with van der Waals surface area (Å²) >= 11 is 0. The molecule has 412 valence electrons. The molecule has 0 bridgehead atoms. The number of fused-ring (bicyclic) bond motifs is 4. The number of rotatable bonds is 13. The molecule has 6 heterocycles. The van der Waals surface area contributed by atoms with Gasteiger partial charge in [-0.05, 0) is 157 Å². The Hall–Kier alpha value is -8.94. The number of oxazole rings is 2. The zero-order valence-electron chi connectivity index (χ0n) is 46.1. The lowest BCUT2D eigenvalue weighted by Crippen LogP contribution is -2.37. The number of nitrogen functional groups attached to an aromatic ring is 2. The smallest absolute Gasteiger partial charge is 0.312 e. The number of hydrogen-bond donors (Lipinski definition) is 5. The minimum atomic E-state index is -0.710. The van der Waals surface area contributed by atoms with Crippen molar-refractivity contribution in [2.75, 3.05) is 28.7 Å². The minimum absolute atomic E-state index is 0.0433. The highest BCUT2D eigenvalue weighted by atomic mass is 16.5. The maximum Gasteiger partial charge on any atom is 0.312 e. The first kappa shape index (κ1) is 53.1. The predicted octanol–water partition coefficient (Wildman–Crippen LogP) is 12.8. The van der Waals surface area contributed by atoms with Crippen LogP contribution in [0.5, 0.6) is 0 Å². The number of hydrogen-bond acceptors (Lipinski definition) is 17. The second-order valence-electron chi connectivity index (χ2n) is 21.6. The monoisotopic (exact) mass is 1080 g/mol. The molecule has 10 aromatic rings. The van der Waals surface area contributed by atoms with Crippen molar-refractivity contribution < 1.29 is 28.3 Å². The van der Waals surface area contributed by atoms with Gasteiger partial charge < -0.3 is 40.8 Å². The second-order valence-corrected chi connectivity index (χ2v) is 21.6. The average molecular weight is 1080 g/mol. The van der Waals surface area contributed by atoms with E-state index >= 15 is 0 Å². The molecule has 0 aliphatic heterocycles. The van der Waals surface area contributed by atoms with Crippen LogP contribution in [0.15, 0.2) is 94.3 Å². The van der Waals surface area contributed by atoms with Gasteiger partial charge in [0.2, 0.25) is 0 Å². The lowest BCUT2D eigenvalue weighted by molar-refractivity contribution is -0.158. The SMILES string of the molecule is CCC1(C(=O)O)CCC(n2nc(-c3ccc(Nc4nc5cc(C)cc(C)c5o4)cc3)c3c(N)ncnc32)CC1.CCOC(=O)C1(CC)CCC(n2nc(-c3ccc(Nc4nc5cc(C)cc(C)c5o4)cc3)c3c(N)ncnc32)CC1. The topological polar surface area (TPSA) is 279 Å². The van der Waals surface area contributed by atoms with Crippen LogP contribution in [0.1, 0.15) is 119 Å². The number of carboxylic acid groups (broad SMARTS) is 1. The summed E-state index contributed by atoms with van der Waals surface area (Å²) in [4.78, 5) is 51.5. The standard InChI is InChI=1S/C31H35N7O3.C29H31N7O3/c1-5-31(29(39)40-6-2)13-11-22(12-14-31)38-28-24(27(32)33-17-34-28)25(37-38)20-7-9-21(10-8-20)35-30-36-23-16-18(3)15-19(4)26(23)41-30;1-4-29(27(37)38)11-9-20(10-12-29)36-26-22(25(30)31-15-32-26)23(35-36)18-5-7-19(8-6-18)33-28-34-21-14-16(2)13-17(3)24(21)39-28/h7-10,15-17,22H,5-6,11-14H2,1-4H3,(H,35,36)(H2,32,33,34);5-8,13-15,20H,4,9-12H2,1-3H3,(H,33,34)(H,37,38)(H2,30,31,32). The number of benzene rings is 4. The molecule has 2 fully saturated rings. The molecule has 20 nitrogen and oxygen atoms in total. The largest absolute Gasteiger partial charge is 0.481 e. The van der Waals surface area contributed by atoms with E-state index in [-0.39, 0.29) is 18.1 Å². The van der Waals surface area contributed by atoms with Gasteiger partial charge in [-0.3, -0.25) is 9.59 Å². The fourth-order valence-corrected chi connectivity index (χ4v) is 11.9. The molecule has 4 aromatic carbocycles. The quantitative estimate of drug-likeness (QED) is 0.0671. The molecule has 0 radical (unpaired) electrons. The van der Waals surface area contributed by atoms with Gasteiger partial charge in [-0.15, -0.1) is 0 Å². The number of nitrogens with one attached hydrogen (secondary N) is 2. The predicted molar refractivity (Wildman–Crippen MR) is 309 cm³/mol. The highest BCUT2D eigenvalue weighted by molar-refractivity contribution is 5.99. The van der Waals surface area contributed by atoms with E-state index in [1.165, 1.54) is 12.7 Å². The second kappa shape index (κ2) is 21.4. The summed E-state index contributed by atoms with van der Waals surface area (Å²) in [5.74, 6) is -0.0428. The maximum atomic E-state index is 12.8. The van der Waals surface area contributed by atoms with Gasteiger partial charge in [0.15, 0.2) is 22.5 Å². The number of anilines is 6.